The van der Waals surface area contributed by atoms with Gasteiger partial charge in [-0.1, -0.05) is 26.2 Å². The summed E-state index contributed by atoms with van der Waals surface area (Å²) in [6, 6.07) is 0. The highest BCUT2D eigenvalue weighted by molar-refractivity contribution is 5.67. The topological polar surface area (TPSA) is 37.3 Å². The van der Waals surface area contributed by atoms with Gasteiger partial charge in [-0.2, -0.15) is 13.2 Å². The minimum Gasteiger partial charge on any atom is -0.481 e. The molecule has 0 aliphatic carbocycles. The number of carboxylic acid groups (broad SMARTS) is 1. The molecule has 0 saturated carbocycles. The summed E-state index contributed by atoms with van der Waals surface area (Å²) in [5.41, 5.74) is 0. The molecule has 0 aromatic heterocycles. The van der Waals surface area contributed by atoms with Crippen LogP contribution in [0.25, 0.3) is 0 Å². The molecular formula is C9H15F3O2. The number of rotatable bonds is 6. The van der Waals surface area contributed by atoms with Crippen molar-refractivity contribution in [3.8, 4) is 0 Å². The van der Waals surface area contributed by atoms with E-state index in [1.807, 2.05) is 6.92 Å². The molecule has 0 rings (SSSR count). The maximum atomic E-state index is 12.2. The Balaban J connectivity index is 4.05. The summed E-state index contributed by atoms with van der Waals surface area (Å²) in [5, 5.41) is 8.30. The van der Waals surface area contributed by atoms with Gasteiger partial charge >= 0.3 is 12.1 Å². The molecule has 1 atom stereocenters. The lowest BCUT2D eigenvalue weighted by Gasteiger charge is -2.17. The molecule has 0 heterocycles. The molecule has 0 aliphatic rings. The maximum absolute atomic E-state index is 12.2. The van der Waals surface area contributed by atoms with Crippen molar-refractivity contribution in [2.75, 3.05) is 0 Å². The smallest absolute Gasteiger partial charge is 0.392 e. The van der Waals surface area contributed by atoms with Gasteiger partial charge in [-0.3, -0.25) is 4.79 Å². The molecule has 0 fully saturated rings. The van der Waals surface area contributed by atoms with Crippen LogP contribution in [-0.4, -0.2) is 17.3 Å². The number of alkyl halides is 3. The first kappa shape index (κ1) is 13.3. The van der Waals surface area contributed by atoms with Gasteiger partial charge < -0.3 is 5.11 Å². The predicted octanol–water partition coefficient (Wildman–Crippen LogP) is 3.22. The van der Waals surface area contributed by atoms with Crippen LogP contribution in [-0.2, 0) is 4.79 Å². The lowest BCUT2D eigenvalue weighted by Crippen LogP contribution is -2.25. The van der Waals surface area contributed by atoms with E-state index < -0.39 is 24.5 Å². The Morgan fingerprint density at radius 3 is 2.29 bits per heavy atom. The van der Waals surface area contributed by atoms with E-state index in [-0.39, 0.29) is 6.42 Å². The summed E-state index contributed by atoms with van der Waals surface area (Å²) in [6.45, 7) is 1.89. The predicted molar refractivity (Wildman–Crippen MR) is 45.9 cm³/mol. The third kappa shape index (κ3) is 5.83. The van der Waals surface area contributed by atoms with Gasteiger partial charge in [0, 0.05) is 0 Å². The molecular weight excluding hydrogens is 197 g/mol. The first-order valence-corrected chi connectivity index (χ1v) is 4.66. The number of aliphatic carboxylic acids is 1. The molecule has 0 amide bonds. The van der Waals surface area contributed by atoms with E-state index in [4.69, 9.17) is 5.11 Å². The van der Waals surface area contributed by atoms with Crippen LogP contribution in [0.5, 0.6) is 0 Å². The Labute approximate surface area is 81.1 Å². The monoisotopic (exact) mass is 212 g/mol. The fraction of sp³-hybridized carbons (Fsp3) is 0.889. The fourth-order valence-electron chi connectivity index (χ4n) is 1.23. The van der Waals surface area contributed by atoms with Crippen molar-refractivity contribution >= 4 is 5.97 Å². The van der Waals surface area contributed by atoms with Crippen LogP contribution >= 0.6 is 0 Å². The van der Waals surface area contributed by atoms with Gasteiger partial charge in [0.25, 0.3) is 0 Å². The summed E-state index contributed by atoms with van der Waals surface area (Å²) in [6.07, 6.45) is -3.29. The van der Waals surface area contributed by atoms with E-state index in [0.29, 0.717) is 12.8 Å². The summed E-state index contributed by atoms with van der Waals surface area (Å²) in [4.78, 5) is 10.2. The van der Waals surface area contributed by atoms with Gasteiger partial charge in [0.05, 0.1) is 12.3 Å². The highest BCUT2D eigenvalue weighted by Crippen LogP contribution is 2.32. The van der Waals surface area contributed by atoms with E-state index >= 15 is 0 Å². The van der Waals surface area contributed by atoms with Crippen LogP contribution in [0.15, 0.2) is 0 Å². The molecule has 2 nitrogen and oxygen atoms in total. The molecule has 0 aromatic rings. The summed E-state index contributed by atoms with van der Waals surface area (Å²) < 4.78 is 36.7. The Morgan fingerprint density at radius 1 is 1.36 bits per heavy atom. The van der Waals surface area contributed by atoms with Crippen LogP contribution < -0.4 is 0 Å². The molecule has 0 aromatic carbocycles. The van der Waals surface area contributed by atoms with Crippen LogP contribution in [0.3, 0.4) is 0 Å². The highest BCUT2D eigenvalue weighted by atomic mass is 19.4. The van der Waals surface area contributed by atoms with Crippen molar-refractivity contribution < 1.29 is 23.1 Å². The van der Waals surface area contributed by atoms with Crippen LogP contribution in [0.4, 0.5) is 13.2 Å². The zero-order chi connectivity index (χ0) is 11.2. The number of unbranched alkanes of at least 4 members (excludes halogenated alkanes) is 2. The molecule has 0 aliphatic heterocycles. The fourth-order valence-corrected chi connectivity index (χ4v) is 1.23. The first-order chi connectivity index (χ1) is 6.38. The van der Waals surface area contributed by atoms with Gasteiger partial charge in [0.1, 0.15) is 0 Å². The average molecular weight is 212 g/mol. The normalized spacial score (nSPS) is 14.0. The van der Waals surface area contributed by atoms with E-state index in [9.17, 15) is 18.0 Å². The SMILES string of the molecule is CCCCCC(CC(=O)O)C(F)(F)F. The van der Waals surface area contributed by atoms with Crippen molar-refractivity contribution in [2.45, 2.75) is 45.2 Å². The van der Waals surface area contributed by atoms with E-state index in [2.05, 4.69) is 0 Å². The Kier molecular flexibility index (Phi) is 5.57. The van der Waals surface area contributed by atoms with E-state index in [1.165, 1.54) is 0 Å². The Bertz CT molecular complexity index is 177. The molecule has 0 bridgehead atoms. The number of carboxylic acids is 1. The zero-order valence-corrected chi connectivity index (χ0v) is 8.10. The second-order valence-corrected chi connectivity index (χ2v) is 3.33. The van der Waals surface area contributed by atoms with Crippen molar-refractivity contribution in [1.29, 1.82) is 0 Å². The van der Waals surface area contributed by atoms with Gasteiger partial charge in [-0.05, 0) is 6.42 Å². The van der Waals surface area contributed by atoms with Crippen LogP contribution in [0, 0.1) is 5.92 Å². The Hall–Kier alpha value is -0.740. The zero-order valence-electron chi connectivity index (χ0n) is 8.10. The van der Waals surface area contributed by atoms with Gasteiger partial charge in [-0.25, -0.2) is 0 Å². The van der Waals surface area contributed by atoms with Gasteiger partial charge in [0.15, 0.2) is 0 Å². The van der Waals surface area contributed by atoms with Crippen molar-refractivity contribution in [3.63, 3.8) is 0 Å². The van der Waals surface area contributed by atoms with Crippen molar-refractivity contribution in [3.05, 3.63) is 0 Å². The van der Waals surface area contributed by atoms with Gasteiger partial charge in [-0.15, -0.1) is 0 Å². The summed E-state index contributed by atoms with van der Waals surface area (Å²) in [5.74, 6) is -3.07. The second-order valence-electron chi connectivity index (χ2n) is 3.33. The van der Waals surface area contributed by atoms with E-state index in [1.54, 1.807) is 0 Å². The molecule has 14 heavy (non-hydrogen) atoms. The number of carbonyl (C=O) groups is 1. The lowest BCUT2D eigenvalue weighted by molar-refractivity contribution is -0.184. The molecule has 1 unspecified atom stereocenters. The minimum absolute atomic E-state index is 0.0797. The molecule has 0 spiro atoms. The Morgan fingerprint density at radius 2 is 1.93 bits per heavy atom. The third-order valence-corrected chi connectivity index (χ3v) is 2.04. The van der Waals surface area contributed by atoms with Crippen LogP contribution in [0.2, 0.25) is 0 Å². The van der Waals surface area contributed by atoms with E-state index in [0.717, 1.165) is 6.42 Å². The minimum atomic E-state index is -4.38. The number of hydrogen-bond acceptors (Lipinski definition) is 1. The largest absolute Gasteiger partial charge is 0.481 e. The highest BCUT2D eigenvalue weighted by Gasteiger charge is 2.40. The third-order valence-electron chi connectivity index (χ3n) is 2.04. The van der Waals surface area contributed by atoms with Crippen molar-refractivity contribution in [2.24, 2.45) is 5.92 Å². The van der Waals surface area contributed by atoms with Gasteiger partial charge in [0.2, 0.25) is 0 Å². The maximum Gasteiger partial charge on any atom is 0.392 e. The molecule has 1 N–H and O–H groups in total. The quantitative estimate of drug-likeness (QED) is 0.686. The molecule has 5 heteroatoms. The molecule has 0 saturated heterocycles. The summed E-state index contributed by atoms with van der Waals surface area (Å²) >= 11 is 0. The average Bonchev–Trinajstić information content (AvgIpc) is 2.00. The lowest BCUT2D eigenvalue weighted by atomic mass is 9.97. The van der Waals surface area contributed by atoms with Crippen molar-refractivity contribution in [1.82, 2.24) is 0 Å². The van der Waals surface area contributed by atoms with Crippen LogP contribution in [0.1, 0.15) is 39.0 Å². The summed E-state index contributed by atoms with van der Waals surface area (Å²) in [7, 11) is 0. The number of hydrogen-bond donors (Lipinski definition) is 1. The number of halogens is 3. The molecule has 84 valence electrons. The first-order valence-electron chi connectivity index (χ1n) is 4.66. The standard InChI is InChI=1S/C9H15F3O2/c1-2-3-4-5-7(6-8(13)14)9(10,11)12/h7H,2-6H2,1H3,(H,13,14). The molecule has 0 radical (unpaired) electrons. The second kappa shape index (κ2) is 5.88.